The number of aliphatic hydroxyl groups excluding tert-OH is 1. The molecular weight excluding hydrogens is 162 g/mol. The molecule has 0 aliphatic rings. The van der Waals surface area contributed by atoms with Crippen LogP contribution in [0, 0.1) is 0 Å². The first-order valence-corrected chi connectivity index (χ1v) is 2.73. The van der Waals surface area contributed by atoms with E-state index in [0.29, 0.717) is 0 Å². The molecule has 3 N–H and O–H groups in total. The first kappa shape index (κ1) is 14.1. The van der Waals surface area contributed by atoms with Gasteiger partial charge in [-0.25, -0.2) is 0 Å². The molecule has 2 atom stereocenters. The normalized spacial score (nSPS) is 15.3. The Morgan fingerprint density at radius 1 is 1.30 bits per heavy atom. The molecule has 4 nitrogen and oxygen atoms in total. The average Bonchev–Trinajstić information content (AvgIpc) is 1.63. The van der Waals surface area contributed by atoms with Gasteiger partial charge in [0.2, 0.25) is 0 Å². The van der Waals surface area contributed by atoms with Gasteiger partial charge in [0, 0.05) is 0 Å². The second kappa shape index (κ2) is 7.20. The van der Waals surface area contributed by atoms with Crippen molar-refractivity contribution in [2.45, 2.75) is 26.1 Å². The number of aliphatic hydroxyl groups is 1. The second-order valence-electron chi connectivity index (χ2n) is 1.91. The van der Waals surface area contributed by atoms with Crippen molar-refractivity contribution in [2.75, 3.05) is 0 Å². The zero-order valence-corrected chi connectivity index (χ0v) is 5.48. The summed E-state index contributed by atoms with van der Waals surface area (Å²) in [5, 5.41) is 25.1. The predicted molar refractivity (Wildman–Crippen MR) is 39.6 cm³/mol. The molecule has 10 heavy (non-hydrogen) atoms. The minimum atomic E-state index is -1.80. The quantitative estimate of drug-likeness (QED) is 0.437. The third-order valence-electron chi connectivity index (χ3n) is 1.02. The Balaban J connectivity index is 0. The monoisotopic (exact) mass is 174 g/mol. The van der Waals surface area contributed by atoms with Crippen LogP contribution in [0.25, 0.3) is 0 Å². The molecule has 6 heteroatoms. The summed E-state index contributed by atoms with van der Waals surface area (Å²) >= 11 is 0. The fourth-order valence-corrected chi connectivity index (χ4v) is 0.306. The third kappa shape index (κ3) is 7.65. The standard InChI is InChI=1S/C4H11BO4.K.H/c1-3(6)4(2)9-5(7)8;;/h3-4,6-8H,1-2H3;;. The van der Waals surface area contributed by atoms with Gasteiger partial charge >= 0.3 is 58.7 Å². The Hall–Kier alpha value is 1.54. The van der Waals surface area contributed by atoms with Crippen LogP contribution in [0.15, 0.2) is 0 Å². The van der Waals surface area contributed by atoms with E-state index in [9.17, 15) is 0 Å². The van der Waals surface area contributed by atoms with Gasteiger partial charge in [-0.1, -0.05) is 0 Å². The van der Waals surface area contributed by atoms with Crippen molar-refractivity contribution in [3.8, 4) is 0 Å². The van der Waals surface area contributed by atoms with Crippen LogP contribution in [0.3, 0.4) is 0 Å². The summed E-state index contributed by atoms with van der Waals surface area (Å²) in [5.74, 6) is 0. The first-order chi connectivity index (χ1) is 4.04. The van der Waals surface area contributed by atoms with Gasteiger partial charge in [-0.2, -0.15) is 0 Å². The SMILES string of the molecule is CC(O)C(C)OB(O)O.[KH]. The van der Waals surface area contributed by atoms with Crippen LogP contribution in [-0.4, -0.2) is 86.1 Å². The zero-order valence-electron chi connectivity index (χ0n) is 5.48. The van der Waals surface area contributed by atoms with Crippen molar-refractivity contribution in [2.24, 2.45) is 0 Å². The van der Waals surface area contributed by atoms with E-state index < -0.39 is 19.5 Å². The Bertz CT molecular complexity index is 79.7. The fourth-order valence-electron chi connectivity index (χ4n) is 0.306. The number of rotatable bonds is 3. The summed E-state index contributed by atoms with van der Waals surface area (Å²) in [4.78, 5) is 0. The van der Waals surface area contributed by atoms with Crippen molar-refractivity contribution in [3.05, 3.63) is 0 Å². The molecule has 0 aliphatic carbocycles. The summed E-state index contributed by atoms with van der Waals surface area (Å²) < 4.78 is 4.37. The molecule has 0 saturated carbocycles. The second-order valence-corrected chi connectivity index (χ2v) is 1.91. The van der Waals surface area contributed by atoms with E-state index in [1.165, 1.54) is 6.92 Å². The van der Waals surface area contributed by atoms with Gasteiger partial charge in [0.05, 0.1) is 12.2 Å². The molecule has 0 saturated heterocycles. The molecule has 56 valence electrons. The first-order valence-electron chi connectivity index (χ1n) is 2.73. The number of hydrogen-bond donors (Lipinski definition) is 3. The summed E-state index contributed by atoms with van der Waals surface area (Å²) in [6.07, 6.45) is -1.24. The minimum absolute atomic E-state index is 0. The fraction of sp³-hybridized carbons (Fsp3) is 1.00. The molecule has 0 aromatic carbocycles. The Kier molecular flexibility index (Phi) is 10.1. The number of hydrogen-bond acceptors (Lipinski definition) is 4. The molecule has 2 unspecified atom stereocenters. The van der Waals surface area contributed by atoms with Crippen LogP contribution in [0.1, 0.15) is 13.8 Å². The van der Waals surface area contributed by atoms with E-state index in [2.05, 4.69) is 4.65 Å². The summed E-state index contributed by atoms with van der Waals surface area (Å²) in [6, 6.07) is 0. The molecular formula is C4H12BKO4. The van der Waals surface area contributed by atoms with Gasteiger partial charge in [-0.15, -0.1) is 0 Å². The predicted octanol–water partition coefficient (Wildman–Crippen LogP) is -1.91. The van der Waals surface area contributed by atoms with Crippen LogP contribution >= 0.6 is 0 Å². The molecule has 0 amide bonds. The van der Waals surface area contributed by atoms with Crippen molar-refractivity contribution in [1.29, 1.82) is 0 Å². The molecule has 0 heterocycles. The van der Waals surface area contributed by atoms with E-state index >= 15 is 0 Å². The Morgan fingerprint density at radius 3 is 1.80 bits per heavy atom. The Morgan fingerprint density at radius 2 is 1.70 bits per heavy atom. The van der Waals surface area contributed by atoms with E-state index in [-0.39, 0.29) is 51.4 Å². The molecule has 0 aliphatic heterocycles. The van der Waals surface area contributed by atoms with Gasteiger partial charge in [-0.05, 0) is 13.8 Å². The van der Waals surface area contributed by atoms with Gasteiger partial charge in [0.25, 0.3) is 0 Å². The van der Waals surface area contributed by atoms with Crippen molar-refractivity contribution in [1.82, 2.24) is 0 Å². The van der Waals surface area contributed by atoms with Crippen LogP contribution in [0.2, 0.25) is 0 Å². The van der Waals surface area contributed by atoms with Crippen LogP contribution < -0.4 is 0 Å². The molecule has 0 bridgehead atoms. The molecule has 0 fully saturated rings. The topological polar surface area (TPSA) is 69.9 Å². The molecule has 0 rings (SSSR count). The van der Waals surface area contributed by atoms with Gasteiger partial charge in [0.1, 0.15) is 0 Å². The summed E-state index contributed by atoms with van der Waals surface area (Å²) in [7, 11) is -1.80. The molecule has 0 spiro atoms. The van der Waals surface area contributed by atoms with Gasteiger partial charge in [0.15, 0.2) is 0 Å². The van der Waals surface area contributed by atoms with E-state index in [1.807, 2.05) is 0 Å². The average molecular weight is 174 g/mol. The van der Waals surface area contributed by atoms with Crippen molar-refractivity contribution >= 4 is 58.7 Å². The van der Waals surface area contributed by atoms with Crippen LogP contribution in [0.5, 0.6) is 0 Å². The van der Waals surface area contributed by atoms with Gasteiger partial charge in [-0.3, -0.25) is 0 Å². The maximum absolute atomic E-state index is 8.72. The summed E-state index contributed by atoms with van der Waals surface area (Å²) in [6.45, 7) is 3.05. The van der Waals surface area contributed by atoms with Crippen LogP contribution in [0.4, 0.5) is 0 Å². The van der Waals surface area contributed by atoms with Crippen molar-refractivity contribution < 1.29 is 19.8 Å². The summed E-state index contributed by atoms with van der Waals surface area (Å²) in [5.41, 5.74) is 0. The molecule has 0 radical (unpaired) electrons. The van der Waals surface area contributed by atoms with Crippen LogP contribution in [-0.2, 0) is 4.65 Å². The third-order valence-corrected chi connectivity index (χ3v) is 1.02. The Labute approximate surface area is 103 Å². The molecule has 0 aromatic rings. The van der Waals surface area contributed by atoms with Crippen molar-refractivity contribution in [3.63, 3.8) is 0 Å². The van der Waals surface area contributed by atoms with E-state index in [1.54, 1.807) is 6.92 Å². The van der Waals surface area contributed by atoms with E-state index in [0.717, 1.165) is 0 Å². The van der Waals surface area contributed by atoms with E-state index in [4.69, 9.17) is 15.2 Å². The molecule has 0 aromatic heterocycles. The maximum atomic E-state index is 8.72. The van der Waals surface area contributed by atoms with Gasteiger partial charge < -0.3 is 19.8 Å². The zero-order chi connectivity index (χ0) is 7.44.